The predicted molar refractivity (Wildman–Crippen MR) is 106 cm³/mol. The summed E-state index contributed by atoms with van der Waals surface area (Å²) in [4.78, 5) is 4.90. The number of benzene rings is 1. The maximum atomic E-state index is 6.00. The lowest BCUT2D eigenvalue weighted by Crippen LogP contribution is -2.35. The van der Waals surface area contributed by atoms with Gasteiger partial charge in [-0.3, -0.25) is 9.80 Å². The van der Waals surface area contributed by atoms with E-state index in [0.29, 0.717) is 0 Å². The van der Waals surface area contributed by atoms with E-state index in [1.54, 1.807) is 6.26 Å². The summed E-state index contributed by atoms with van der Waals surface area (Å²) in [5.74, 6) is 1.93. The zero-order valence-corrected chi connectivity index (χ0v) is 16.0. The zero-order valence-electron chi connectivity index (χ0n) is 16.0. The summed E-state index contributed by atoms with van der Waals surface area (Å²) in [7, 11) is 0. The maximum Gasteiger partial charge on any atom is 0.126 e. The Morgan fingerprint density at radius 1 is 1.07 bits per heavy atom. The molecular formula is C22H28N2O3. The molecule has 1 aromatic heterocycles. The van der Waals surface area contributed by atoms with Gasteiger partial charge in [-0.1, -0.05) is 11.6 Å². The minimum Gasteiger partial charge on any atom is -0.492 e. The molecule has 0 aliphatic carbocycles. The lowest BCUT2D eigenvalue weighted by molar-refractivity contribution is 0.0342. The van der Waals surface area contributed by atoms with Crippen LogP contribution in [0.5, 0.6) is 5.75 Å². The van der Waals surface area contributed by atoms with Crippen molar-refractivity contribution in [2.24, 2.45) is 0 Å². The van der Waals surface area contributed by atoms with Gasteiger partial charge in [0.05, 0.1) is 19.5 Å². The third-order valence-corrected chi connectivity index (χ3v) is 5.10. The molecule has 0 amide bonds. The third kappa shape index (κ3) is 5.01. The van der Waals surface area contributed by atoms with Gasteiger partial charge in [0.15, 0.2) is 0 Å². The van der Waals surface area contributed by atoms with Crippen LogP contribution in [0.1, 0.15) is 23.8 Å². The number of fused-ring (bicyclic) bond motifs is 1. The van der Waals surface area contributed by atoms with Crippen molar-refractivity contribution in [3.8, 4) is 5.75 Å². The Kier molecular flexibility index (Phi) is 5.92. The van der Waals surface area contributed by atoms with Crippen molar-refractivity contribution in [3.05, 3.63) is 59.1 Å². The lowest BCUT2D eigenvalue weighted by atomic mass is 10.1. The summed E-state index contributed by atoms with van der Waals surface area (Å²) in [6.45, 7) is 10.3. The third-order valence-electron chi connectivity index (χ3n) is 5.10. The van der Waals surface area contributed by atoms with Crippen LogP contribution in [0.4, 0.5) is 0 Å². The number of nitrogens with zero attached hydrogens (tertiary/aromatic N) is 2. The minimum atomic E-state index is 0.726. The van der Waals surface area contributed by atoms with Gasteiger partial charge in [-0.15, -0.1) is 0 Å². The SMILES string of the molecule is C/C(=C\c1ccco1)CN1CCOc2ccc(CN3CCOCC3)cc2C1. The fourth-order valence-electron chi connectivity index (χ4n) is 3.77. The van der Waals surface area contributed by atoms with Crippen molar-refractivity contribution in [1.82, 2.24) is 9.80 Å². The molecule has 0 saturated carbocycles. The van der Waals surface area contributed by atoms with Gasteiger partial charge in [0.1, 0.15) is 18.1 Å². The van der Waals surface area contributed by atoms with Gasteiger partial charge in [0, 0.05) is 44.8 Å². The standard InChI is InChI=1S/C22H28N2O3/c1-18(13-21-3-2-9-26-21)15-24-8-12-27-22-5-4-19(14-20(22)17-24)16-23-6-10-25-11-7-23/h2-5,9,13-14H,6-8,10-12,15-17H2,1H3/b18-13+. The molecule has 5 nitrogen and oxygen atoms in total. The number of rotatable bonds is 5. The second kappa shape index (κ2) is 8.74. The number of hydrogen-bond acceptors (Lipinski definition) is 5. The molecule has 0 unspecified atom stereocenters. The van der Waals surface area contributed by atoms with Crippen LogP contribution in [0, 0.1) is 0 Å². The molecule has 2 aromatic rings. The van der Waals surface area contributed by atoms with E-state index in [1.165, 1.54) is 16.7 Å². The molecule has 0 N–H and O–H groups in total. The molecule has 1 fully saturated rings. The second-order valence-corrected chi connectivity index (χ2v) is 7.40. The Morgan fingerprint density at radius 3 is 2.74 bits per heavy atom. The normalized spacial score (nSPS) is 19.4. The molecule has 0 spiro atoms. The molecule has 3 heterocycles. The van der Waals surface area contributed by atoms with Gasteiger partial charge in [-0.2, -0.15) is 0 Å². The zero-order chi connectivity index (χ0) is 18.5. The van der Waals surface area contributed by atoms with Gasteiger partial charge in [-0.25, -0.2) is 0 Å². The number of furan rings is 1. The van der Waals surface area contributed by atoms with Crippen molar-refractivity contribution in [3.63, 3.8) is 0 Å². The van der Waals surface area contributed by atoms with Gasteiger partial charge in [0.25, 0.3) is 0 Å². The summed E-state index contributed by atoms with van der Waals surface area (Å²) < 4.78 is 16.9. The Labute approximate surface area is 161 Å². The van der Waals surface area contributed by atoms with E-state index >= 15 is 0 Å². The van der Waals surface area contributed by atoms with Crippen LogP contribution >= 0.6 is 0 Å². The topological polar surface area (TPSA) is 38.1 Å². The molecule has 5 heteroatoms. The summed E-state index contributed by atoms with van der Waals surface area (Å²) >= 11 is 0. The Bertz CT molecular complexity index is 764. The predicted octanol–water partition coefficient (Wildman–Crippen LogP) is 3.41. The van der Waals surface area contributed by atoms with Gasteiger partial charge in [0.2, 0.25) is 0 Å². The van der Waals surface area contributed by atoms with E-state index in [1.807, 2.05) is 12.1 Å². The quantitative estimate of drug-likeness (QED) is 0.809. The van der Waals surface area contributed by atoms with E-state index < -0.39 is 0 Å². The van der Waals surface area contributed by atoms with E-state index in [4.69, 9.17) is 13.9 Å². The number of hydrogen-bond donors (Lipinski definition) is 0. The largest absolute Gasteiger partial charge is 0.492 e. The minimum absolute atomic E-state index is 0.726. The van der Waals surface area contributed by atoms with Crippen LogP contribution in [-0.4, -0.2) is 55.8 Å². The highest BCUT2D eigenvalue weighted by Gasteiger charge is 2.17. The highest BCUT2D eigenvalue weighted by Crippen LogP contribution is 2.25. The van der Waals surface area contributed by atoms with Crippen molar-refractivity contribution in [1.29, 1.82) is 0 Å². The van der Waals surface area contributed by atoms with Gasteiger partial charge >= 0.3 is 0 Å². The first-order chi connectivity index (χ1) is 13.3. The number of ether oxygens (including phenoxy) is 2. The molecule has 0 bridgehead atoms. The lowest BCUT2D eigenvalue weighted by Gasteiger charge is -2.27. The van der Waals surface area contributed by atoms with Crippen molar-refractivity contribution in [2.45, 2.75) is 20.0 Å². The second-order valence-electron chi connectivity index (χ2n) is 7.40. The van der Waals surface area contributed by atoms with Crippen molar-refractivity contribution < 1.29 is 13.9 Å². The molecule has 2 aliphatic rings. The molecule has 0 radical (unpaired) electrons. The highest BCUT2D eigenvalue weighted by atomic mass is 16.5. The Balaban J connectivity index is 1.43. The molecule has 0 atom stereocenters. The first-order valence-electron chi connectivity index (χ1n) is 9.74. The smallest absolute Gasteiger partial charge is 0.126 e. The number of morpholine rings is 1. The van der Waals surface area contributed by atoms with E-state index in [0.717, 1.165) is 70.6 Å². The van der Waals surface area contributed by atoms with Crippen LogP contribution in [0.3, 0.4) is 0 Å². The molecule has 144 valence electrons. The summed E-state index contributed by atoms with van der Waals surface area (Å²) in [6, 6.07) is 10.6. The molecule has 1 aromatic carbocycles. The van der Waals surface area contributed by atoms with Gasteiger partial charge < -0.3 is 13.9 Å². The van der Waals surface area contributed by atoms with Crippen LogP contribution in [0.15, 0.2) is 46.6 Å². The van der Waals surface area contributed by atoms with Crippen LogP contribution < -0.4 is 4.74 Å². The van der Waals surface area contributed by atoms with E-state index in [9.17, 15) is 0 Å². The van der Waals surface area contributed by atoms with Crippen molar-refractivity contribution in [2.75, 3.05) is 46.0 Å². The fraction of sp³-hybridized carbons (Fsp3) is 0.455. The monoisotopic (exact) mass is 368 g/mol. The van der Waals surface area contributed by atoms with Crippen molar-refractivity contribution >= 4 is 6.08 Å². The first-order valence-corrected chi connectivity index (χ1v) is 9.74. The van der Waals surface area contributed by atoms with Crippen LogP contribution in [-0.2, 0) is 17.8 Å². The molecule has 4 rings (SSSR count). The van der Waals surface area contributed by atoms with Crippen LogP contribution in [0.25, 0.3) is 6.08 Å². The van der Waals surface area contributed by atoms with Gasteiger partial charge in [-0.05, 0) is 42.8 Å². The summed E-state index contributed by atoms with van der Waals surface area (Å²) in [5, 5.41) is 0. The highest BCUT2D eigenvalue weighted by molar-refractivity contribution is 5.47. The summed E-state index contributed by atoms with van der Waals surface area (Å²) in [6.07, 6.45) is 3.83. The average Bonchev–Trinajstić information content (AvgIpc) is 3.09. The maximum absolute atomic E-state index is 6.00. The summed E-state index contributed by atoms with van der Waals surface area (Å²) in [5.41, 5.74) is 3.92. The van der Waals surface area contributed by atoms with E-state index in [2.05, 4.69) is 41.0 Å². The fourth-order valence-corrected chi connectivity index (χ4v) is 3.77. The Morgan fingerprint density at radius 2 is 1.93 bits per heavy atom. The molecule has 1 saturated heterocycles. The molecular weight excluding hydrogens is 340 g/mol. The Hall–Kier alpha value is -2.08. The average molecular weight is 368 g/mol. The molecule has 27 heavy (non-hydrogen) atoms. The molecule has 2 aliphatic heterocycles. The first kappa shape index (κ1) is 18.3. The van der Waals surface area contributed by atoms with Crippen LogP contribution in [0.2, 0.25) is 0 Å². The van der Waals surface area contributed by atoms with E-state index in [-0.39, 0.29) is 0 Å².